The number of nitrogens with one attached hydrogen (secondary N) is 6. The fraction of sp³-hybridized carbons (Fsp3) is 0.226. The number of benzene rings is 3. The van der Waals surface area contributed by atoms with Crippen molar-refractivity contribution in [1.29, 1.82) is 0 Å². The summed E-state index contributed by atoms with van der Waals surface area (Å²) in [6, 6.07) is 7.65. The number of aromatic hydroxyl groups is 6. The number of para-hydroxylation sites is 3. The highest BCUT2D eigenvalue weighted by atomic mass is 16.3. The van der Waals surface area contributed by atoms with E-state index in [-0.39, 0.29) is 17.7 Å². The molecule has 0 bridgehead atoms. The number of amides is 6. The second kappa shape index (κ2) is 16.7. The Balaban J connectivity index is 1.74. The lowest BCUT2D eigenvalue weighted by atomic mass is 10.1. The molecule has 0 fully saturated rings. The van der Waals surface area contributed by atoms with E-state index in [1.165, 1.54) is 30.3 Å². The smallest absolute Gasteiger partial charge is 0.255 e. The van der Waals surface area contributed by atoms with Crippen LogP contribution in [0.5, 0.6) is 34.5 Å². The van der Waals surface area contributed by atoms with Crippen LogP contribution in [-0.2, 0) is 14.4 Å². The van der Waals surface area contributed by atoms with Gasteiger partial charge in [-0.3, -0.25) is 28.8 Å². The Morgan fingerprint density at radius 1 is 0.531 bits per heavy atom. The number of rotatable bonds is 14. The first-order chi connectivity index (χ1) is 23.2. The van der Waals surface area contributed by atoms with Crippen LogP contribution in [0.15, 0.2) is 54.6 Å². The van der Waals surface area contributed by atoms with Gasteiger partial charge in [0.15, 0.2) is 34.5 Å². The summed E-state index contributed by atoms with van der Waals surface area (Å²) in [4.78, 5) is 76.7. The van der Waals surface area contributed by atoms with Crippen molar-refractivity contribution in [1.82, 2.24) is 31.9 Å². The summed E-state index contributed by atoms with van der Waals surface area (Å²) >= 11 is 0. The molecule has 3 aromatic carbocycles. The Morgan fingerprint density at radius 3 is 1.35 bits per heavy atom. The fourth-order valence-electron chi connectivity index (χ4n) is 4.19. The highest BCUT2D eigenvalue weighted by Gasteiger charge is 2.28. The van der Waals surface area contributed by atoms with E-state index in [2.05, 4.69) is 31.9 Å². The Bertz CT molecular complexity index is 1750. The van der Waals surface area contributed by atoms with Gasteiger partial charge in [0.25, 0.3) is 17.7 Å². The Morgan fingerprint density at radius 2 is 0.918 bits per heavy atom. The van der Waals surface area contributed by atoms with E-state index in [0.717, 1.165) is 24.3 Å². The molecule has 260 valence electrons. The number of phenols is 6. The highest BCUT2D eigenvalue weighted by molar-refractivity contribution is 6.02. The molecule has 0 unspecified atom stereocenters. The number of hydrogen-bond donors (Lipinski definition) is 12. The third-order valence-corrected chi connectivity index (χ3v) is 6.77. The lowest BCUT2D eigenvalue weighted by Gasteiger charge is -2.22. The lowest BCUT2D eigenvalue weighted by Crippen LogP contribution is -2.57. The lowest BCUT2D eigenvalue weighted by molar-refractivity contribution is -0.124. The summed E-state index contributed by atoms with van der Waals surface area (Å²) in [7, 11) is 0. The van der Waals surface area contributed by atoms with Crippen LogP contribution < -0.4 is 31.9 Å². The van der Waals surface area contributed by atoms with E-state index in [1.807, 2.05) is 0 Å². The van der Waals surface area contributed by atoms with Crippen molar-refractivity contribution >= 4 is 35.4 Å². The molecule has 0 saturated carbocycles. The Kier molecular flexibility index (Phi) is 12.5. The molecule has 18 nitrogen and oxygen atoms in total. The van der Waals surface area contributed by atoms with Gasteiger partial charge in [-0.2, -0.15) is 0 Å². The first kappa shape index (κ1) is 36.7. The van der Waals surface area contributed by atoms with Crippen LogP contribution in [-0.4, -0.2) is 104 Å². The molecule has 6 amide bonds. The van der Waals surface area contributed by atoms with Crippen molar-refractivity contribution in [2.45, 2.75) is 19.0 Å². The zero-order chi connectivity index (χ0) is 36.2. The fourth-order valence-corrected chi connectivity index (χ4v) is 4.19. The zero-order valence-electron chi connectivity index (χ0n) is 25.8. The minimum absolute atomic E-state index is 0.135. The van der Waals surface area contributed by atoms with Gasteiger partial charge in [0.1, 0.15) is 12.1 Å². The molecular weight excluding hydrogens is 648 g/mol. The topological polar surface area (TPSA) is 296 Å². The molecule has 0 heterocycles. The molecule has 0 spiro atoms. The molecule has 0 aromatic heterocycles. The SMILES string of the molecule is CCNC(=O)[C@H](CNC(=O)[C@H](CNC(=O)CNC(=O)c1cccc(O)c1O)NC(=O)c1cccc(O)c1O)NC(=O)c1cccc(O)c1O. The highest BCUT2D eigenvalue weighted by Crippen LogP contribution is 2.29. The number of carbonyl (C=O) groups is 6. The number of carbonyl (C=O) groups excluding carboxylic acids is 6. The normalized spacial score (nSPS) is 11.7. The van der Waals surface area contributed by atoms with Gasteiger partial charge in [0, 0.05) is 19.6 Å². The van der Waals surface area contributed by atoms with Gasteiger partial charge in [-0.05, 0) is 43.3 Å². The van der Waals surface area contributed by atoms with Crippen molar-refractivity contribution < 1.29 is 59.4 Å². The average molecular weight is 683 g/mol. The van der Waals surface area contributed by atoms with E-state index in [0.29, 0.717) is 0 Å². The van der Waals surface area contributed by atoms with Gasteiger partial charge >= 0.3 is 0 Å². The monoisotopic (exact) mass is 682 g/mol. The number of likely N-dealkylation sites (N-methyl/N-ethyl adjacent to an activating group) is 1. The van der Waals surface area contributed by atoms with Gasteiger partial charge in [-0.1, -0.05) is 18.2 Å². The maximum absolute atomic E-state index is 13.3. The maximum Gasteiger partial charge on any atom is 0.255 e. The maximum atomic E-state index is 13.3. The van der Waals surface area contributed by atoms with E-state index >= 15 is 0 Å². The third kappa shape index (κ3) is 9.64. The van der Waals surface area contributed by atoms with E-state index in [4.69, 9.17) is 0 Å². The van der Waals surface area contributed by atoms with Gasteiger partial charge in [0.05, 0.1) is 23.2 Å². The molecule has 18 heteroatoms. The molecule has 49 heavy (non-hydrogen) atoms. The quantitative estimate of drug-likeness (QED) is 0.0876. The predicted octanol–water partition coefficient (Wildman–Crippen LogP) is -1.38. The van der Waals surface area contributed by atoms with Crippen molar-refractivity contribution in [3.05, 3.63) is 71.3 Å². The van der Waals surface area contributed by atoms with Crippen LogP contribution in [0.25, 0.3) is 0 Å². The molecule has 2 atom stereocenters. The van der Waals surface area contributed by atoms with E-state index in [9.17, 15) is 59.4 Å². The first-order valence-electron chi connectivity index (χ1n) is 14.5. The predicted molar refractivity (Wildman–Crippen MR) is 169 cm³/mol. The van der Waals surface area contributed by atoms with Crippen LogP contribution in [0.4, 0.5) is 0 Å². The Labute approximate surface area is 277 Å². The largest absolute Gasteiger partial charge is 0.504 e. The summed E-state index contributed by atoms with van der Waals surface area (Å²) in [5.41, 5.74) is -1.12. The minimum Gasteiger partial charge on any atom is -0.504 e. The summed E-state index contributed by atoms with van der Waals surface area (Å²) in [5, 5.41) is 73.1. The molecule has 3 aromatic rings. The van der Waals surface area contributed by atoms with Crippen molar-refractivity contribution in [2.24, 2.45) is 0 Å². The molecule has 0 aliphatic heterocycles. The van der Waals surface area contributed by atoms with Crippen molar-refractivity contribution in [3.63, 3.8) is 0 Å². The Hall–Kier alpha value is -6.72. The second-order valence-electron chi connectivity index (χ2n) is 10.2. The second-order valence-corrected chi connectivity index (χ2v) is 10.2. The van der Waals surface area contributed by atoms with E-state index in [1.54, 1.807) is 6.92 Å². The zero-order valence-corrected chi connectivity index (χ0v) is 25.8. The third-order valence-electron chi connectivity index (χ3n) is 6.77. The van der Waals surface area contributed by atoms with Gasteiger partial charge in [-0.15, -0.1) is 0 Å². The number of hydrogen-bond acceptors (Lipinski definition) is 12. The van der Waals surface area contributed by atoms with Gasteiger partial charge in [-0.25, -0.2) is 0 Å². The van der Waals surface area contributed by atoms with Crippen LogP contribution in [0, 0.1) is 0 Å². The number of phenolic OH excluding ortho intramolecular Hbond substituents is 6. The average Bonchev–Trinajstić information content (AvgIpc) is 3.07. The molecule has 12 N–H and O–H groups in total. The summed E-state index contributed by atoms with van der Waals surface area (Å²) in [5.74, 6) is -9.59. The van der Waals surface area contributed by atoms with Crippen LogP contribution >= 0.6 is 0 Å². The van der Waals surface area contributed by atoms with Crippen molar-refractivity contribution in [3.8, 4) is 34.5 Å². The molecule has 0 aliphatic rings. The van der Waals surface area contributed by atoms with Gasteiger partial charge in [0.2, 0.25) is 17.7 Å². The van der Waals surface area contributed by atoms with Gasteiger partial charge < -0.3 is 62.5 Å². The molecule has 0 saturated heterocycles. The molecule has 0 aliphatic carbocycles. The summed E-state index contributed by atoms with van der Waals surface area (Å²) in [6.45, 7) is -0.126. The van der Waals surface area contributed by atoms with Crippen LogP contribution in [0.1, 0.15) is 38.0 Å². The molecule has 0 radical (unpaired) electrons. The van der Waals surface area contributed by atoms with Crippen LogP contribution in [0.2, 0.25) is 0 Å². The first-order valence-corrected chi connectivity index (χ1v) is 14.5. The molecular formula is C31H34N6O12. The standard InChI is InChI=1S/C31H34N6O12/c1-2-32-30(48)19(37-29(47)17-8-5-11-22(40)26(17)44)13-34-31(49)18(36-28(46)16-7-4-10-21(39)25(16)43)12-33-23(41)14-35-27(45)15-6-3-9-20(38)24(15)42/h3-11,18-19,38-40,42-44H,2,12-14H2,1H3,(H,32,48)(H,33,41)(H,34,49)(H,35,45)(H,36,46)(H,37,47)/t18-,19-/m0/s1. The summed E-state index contributed by atoms with van der Waals surface area (Å²) in [6.07, 6.45) is 0. The minimum atomic E-state index is -1.61. The van der Waals surface area contributed by atoms with E-state index < -0.39 is 107 Å². The summed E-state index contributed by atoms with van der Waals surface area (Å²) < 4.78 is 0. The van der Waals surface area contributed by atoms with Crippen LogP contribution in [0.3, 0.4) is 0 Å². The molecule has 3 rings (SSSR count). The van der Waals surface area contributed by atoms with Crippen molar-refractivity contribution in [2.75, 3.05) is 26.2 Å².